The number of benzene rings is 1. The van der Waals surface area contributed by atoms with Gasteiger partial charge in [0.25, 0.3) is 0 Å². The third kappa shape index (κ3) is 3.01. The van der Waals surface area contributed by atoms with Gasteiger partial charge in [-0.1, -0.05) is 0 Å². The minimum Gasteiger partial charge on any atom is -0.497 e. The molecule has 1 aliphatic heterocycles. The van der Waals surface area contributed by atoms with E-state index in [9.17, 15) is 8.42 Å². The van der Waals surface area contributed by atoms with Crippen molar-refractivity contribution in [3.63, 3.8) is 0 Å². The van der Waals surface area contributed by atoms with Crippen molar-refractivity contribution in [3.05, 3.63) is 22.7 Å². The number of fused-ring (bicyclic) bond motifs is 1. The summed E-state index contributed by atoms with van der Waals surface area (Å²) in [5.74, 6) is 1.34. The molecule has 124 valence electrons. The summed E-state index contributed by atoms with van der Waals surface area (Å²) in [5.41, 5.74) is 6.08. The summed E-state index contributed by atoms with van der Waals surface area (Å²) in [6.45, 7) is 1.12. The second kappa shape index (κ2) is 6.65. The molecule has 0 amide bonds. The van der Waals surface area contributed by atoms with E-state index in [1.54, 1.807) is 29.6 Å². The van der Waals surface area contributed by atoms with Crippen LogP contribution in [-0.4, -0.2) is 39.0 Å². The van der Waals surface area contributed by atoms with Gasteiger partial charge >= 0.3 is 0 Å². The Labute approximate surface area is 145 Å². The summed E-state index contributed by atoms with van der Waals surface area (Å²) in [6, 6.07) is 5.07. The SMILES string of the molecule is COc1ccc(S(=O)(=O)N2CC3CCC(N)C3C2)c(Br)c1.Cl. The molecule has 3 atom stereocenters. The second-order valence-electron chi connectivity index (χ2n) is 5.78. The molecule has 1 saturated heterocycles. The highest BCUT2D eigenvalue weighted by Crippen LogP contribution is 2.40. The third-order valence-corrected chi connectivity index (χ3v) is 7.44. The summed E-state index contributed by atoms with van der Waals surface area (Å²) in [5, 5.41) is 0. The minimum absolute atomic E-state index is 0. The van der Waals surface area contributed by atoms with E-state index in [1.807, 2.05) is 0 Å². The van der Waals surface area contributed by atoms with E-state index < -0.39 is 10.0 Å². The van der Waals surface area contributed by atoms with E-state index in [1.165, 1.54) is 0 Å². The fourth-order valence-corrected chi connectivity index (χ4v) is 5.97. The van der Waals surface area contributed by atoms with Gasteiger partial charge in [0.2, 0.25) is 10.0 Å². The molecule has 0 aromatic heterocycles. The van der Waals surface area contributed by atoms with Crippen LogP contribution in [0.2, 0.25) is 0 Å². The van der Waals surface area contributed by atoms with Crippen LogP contribution in [0.4, 0.5) is 0 Å². The summed E-state index contributed by atoms with van der Waals surface area (Å²) in [4.78, 5) is 0.289. The Morgan fingerprint density at radius 2 is 2.05 bits per heavy atom. The maximum Gasteiger partial charge on any atom is 0.244 e. The third-order valence-electron chi connectivity index (χ3n) is 4.64. The van der Waals surface area contributed by atoms with E-state index >= 15 is 0 Å². The van der Waals surface area contributed by atoms with Gasteiger partial charge in [-0.05, 0) is 58.8 Å². The predicted molar refractivity (Wildman–Crippen MR) is 90.9 cm³/mol. The van der Waals surface area contributed by atoms with Crippen molar-refractivity contribution in [2.75, 3.05) is 20.2 Å². The minimum atomic E-state index is -3.48. The van der Waals surface area contributed by atoms with Crippen LogP contribution < -0.4 is 10.5 Å². The number of nitrogens with zero attached hydrogens (tertiary/aromatic N) is 1. The zero-order valence-electron chi connectivity index (χ0n) is 12.2. The van der Waals surface area contributed by atoms with Gasteiger partial charge in [0, 0.05) is 23.6 Å². The quantitative estimate of drug-likeness (QED) is 0.828. The molecule has 3 unspecified atom stereocenters. The highest BCUT2D eigenvalue weighted by Gasteiger charge is 2.45. The molecular weight excluding hydrogens is 392 g/mol. The molecule has 1 saturated carbocycles. The lowest BCUT2D eigenvalue weighted by Crippen LogP contribution is -2.33. The number of halogens is 2. The van der Waals surface area contributed by atoms with Gasteiger partial charge in [-0.3, -0.25) is 0 Å². The van der Waals surface area contributed by atoms with Crippen LogP contribution in [0.1, 0.15) is 12.8 Å². The lowest BCUT2D eigenvalue weighted by Gasteiger charge is -2.19. The summed E-state index contributed by atoms with van der Waals surface area (Å²) < 4.78 is 32.8. The molecule has 0 bridgehead atoms. The largest absolute Gasteiger partial charge is 0.497 e. The van der Waals surface area contributed by atoms with Gasteiger partial charge in [0.15, 0.2) is 0 Å². The predicted octanol–water partition coefficient (Wildman–Crippen LogP) is 2.24. The Balaban J connectivity index is 0.00000176. The standard InChI is InChI=1S/C14H19BrN2O3S.ClH/c1-20-10-3-5-14(12(15)6-10)21(18,19)17-7-9-2-4-13(16)11(9)8-17;/h3,5-6,9,11,13H,2,4,7-8,16H2,1H3;1H. The van der Waals surface area contributed by atoms with Crippen LogP contribution in [0.5, 0.6) is 5.75 Å². The zero-order chi connectivity index (χ0) is 15.2. The number of nitrogens with two attached hydrogens (primary N) is 1. The number of hydrogen-bond acceptors (Lipinski definition) is 4. The van der Waals surface area contributed by atoms with Crippen molar-refractivity contribution in [3.8, 4) is 5.75 Å². The molecule has 2 aliphatic rings. The molecule has 8 heteroatoms. The molecule has 1 aromatic rings. The van der Waals surface area contributed by atoms with Crippen LogP contribution in [0.3, 0.4) is 0 Å². The first-order valence-corrected chi connectivity index (χ1v) is 9.26. The van der Waals surface area contributed by atoms with Gasteiger partial charge in [-0.2, -0.15) is 4.31 Å². The highest BCUT2D eigenvalue weighted by molar-refractivity contribution is 9.10. The smallest absolute Gasteiger partial charge is 0.244 e. The first-order chi connectivity index (χ1) is 9.93. The molecule has 3 rings (SSSR count). The number of hydrogen-bond donors (Lipinski definition) is 1. The number of sulfonamides is 1. The van der Waals surface area contributed by atoms with Crippen LogP contribution in [0, 0.1) is 11.8 Å². The molecular formula is C14H20BrClN2O3S. The van der Waals surface area contributed by atoms with Gasteiger partial charge in [0.05, 0.1) is 12.0 Å². The fraction of sp³-hybridized carbons (Fsp3) is 0.571. The van der Waals surface area contributed by atoms with Gasteiger partial charge < -0.3 is 10.5 Å². The van der Waals surface area contributed by atoms with Crippen molar-refractivity contribution < 1.29 is 13.2 Å². The highest BCUT2D eigenvalue weighted by atomic mass is 79.9. The number of methoxy groups -OCH3 is 1. The van der Waals surface area contributed by atoms with Crippen molar-refractivity contribution in [1.29, 1.82) is 0 Å². The molecule has 5 nitrogen and oxygen atoms in total. The molecule has 0 radical (unpaired) electrons. The number of ether oxygens (including phenoxy) is 1. The lowest BCUT2D eigenvalue weighted by atomic mass is 9.98. The van der Waals surface area contributed by atoms with Crippen molar-refractivity contribution in [2.45, 2.75) is 23.8 Å². The Kier molecular flexibility index (Phi) is 5.44. The van der Waals surface area contributed by atoms with Crippen molar-refractivity contribution in [1.82, 2.24) is 4.31 Å². The van der Waals surface area contributed by atoms with Crippen molar-refractivity contribution >= 4 is 38.4 Å². The van der Waals surface area contributed by atoms with E-state index in [0.29, 0.717) is 35.1 Å². The van der Waals surface area contributed by atoms with Gasteiger partial charge in [-0.25, -0.2) is 8.42 Å². The maximum absolute atomic E-state index is 12.8. The lowest BCUT2D eigenvalue weighted by molar-refractivity contribution is 0.413. The topological polar surface area (TPSA) is 72.6 Å². The van der Waals surface area contributed by atoms with Crippen LogP contribution in [0.15, 0.2) is 27.6 Å². The summed E-state index contributed by atoms with van der Waals surface area (Å²) >= 11 is 3.33. The van der Waals surface area contributed by atoms with Gasteiger partial charge in [-0.15, -0.1) is 12.4 Å². The second-order valence-corrected chi connectivity index (χ2v) is 8.54. The Hall–Kier alpha value is -0.340. The summed E-state index contributed by atoms with van der Waals surface area (Å²) in [7, 11) is -1.93. The van der Waals surface area contributed by atoms with Crippen LogP contribution in [0.25, 0.3) is 0 Å². The van der Waals surface area contributed by atoms with E-state index in [4.69, 9.17) is 10.5 Å². The molecule has 1 heterocycles. The first kappa shape index (κ1) is 18.0. The Bertz CT molecular complexity index is 655. The average Bonchev–Trinajstić information content (AvgIpc) is 3.01. The van der Waals surface area contributed by atoms with E-state index in [0.717, 1.165) is 12.8 Å². The first-order valence-electron chi connectivity index (χ1n) is 7.02. The Morgan fingerprint density at radius 3 is 2.64 bits per heavy atom. The molecule has 22 heavy (non-hydrogen) atoms. The normalized spacial score (nSPS) is 28.2. The summed E-state index contributed by atoms with van der Waals surface area (Å²) in [6.07, 6.45) is 2.04. The maximum atomic E-state index is 12.8. The Morgan fingerprint density at radius 1 is 1.32 bits per heavy atom. The van der Waals surface area contributed by atoms with E-state index in [-0.39, 0.29) is 23.3 Å². The average molecular weight is 412 g/mol. The fourth-order valence-electron chi connectivity index (χ4n) is 3.42. The van der Waals surface area contributed by atoms with Crippen molar-refractivity contribution in [2.24, 2.45) is 17.6 Å². The van der Waals surface area contributed by atoms with Gasteiger partial charge in [0.1, 0.15) is 5.75 Å². The molecule has 1 aliphatic carbocycles. The molecule has 2 N–H and O–H groups in total. The van der Waals surface area contributed by atoms with Crippen LogP contribution in [-0.2, 0) is 10.0 Å². The molecule has 0 spiro atoms. The van der Waals surface area contributed by atoms with Crippen LogP contribution >= 0.6 is 28.3 Å². The zero-order valence-corrected chi connectivity index (χ0v) is 15.5. The molecule has 1 aromatic carbocycles. The monoisotopic (exact) mass is 410 g/mol. The molecule has 2 fully saturated rings. The number of rotatable bonds is 3. The van der Waals surface area contributed by atoms with E-state index in [2.05, 4.69) is 15.9 Å².